The molecule has 1 unspecified atom stereocenters. The summed E-state index contributed by atoms with van der Waals surface area (Å²) in [5, 5.41) is 5.21. The fourth-order valence-corrected chi connectivity index (χ4v) is 3.65. The van der Waals surface area contributed by atoms with Crippen LogP contribution in [0.15, 0.2) is 30.3 Å². The standard InChI is InChI=1S/C20H25N3O2/c1-13-5-8-17-15(10-13)7-6-14(2)19(17)20(25)22-16-4-3-9-23(11-16)12-18(21)24/h5-8,10,16H,3-4,9,11-12H2,1-2H3,(H2,21,24)(H,22,25). The highest BCUT2D eigenvalue weighted by atomic mass is 16.2. The molecule has 2 amide bonds. The molecule has 25 heavy (non-hydrogen) atoms. The summed E-state index contributed by atoms with van der Waals surface area (Å²) >= 11 is 0. The summed E-state index contributed by atoms with van der Waals surface area (Å²) in [5.41, 5.74) is 8.18. The predicted molar refractivity (Wildman–Crippen MR) is 99.5 cm³/mol. The summed E-state index contributed by atoms with van der Waals surface area (Å²) < 4.78 is 0. The van der Waals surface area contributed by atoms with E-state index in [-0.39, 0.29) is 24.4 Å². The lowest BCUT2D eigenvalue weighted by molar-refractivity contribution is -0.119. The largest absolute Gasteiger partial charge is 0.369 e. The fraction of sp³-hybridized carbons (Fsp3) is 0.400. The first kappa shape index (κ1) is 17.4. The van der Waals surface area contributed by atoms with Crippen molar-refractivity contribution in [2.75, 3.05) is 19.6 Å². The first-order valence-corrected chi connectivity index (χ1v) is 8.75. The number of aryl methyl sites for hydroxylation is 2. The number of likely N-dealkylation sites (tertiary alicyclic amines) is 1. The molecule has 2 aromatic rings. The highest BCUT2D eigenvalue weighted by molar-refractivity contribution is 6.08. The Morgan fingerprint density at radius 1 is 1.24 bits per heavy atom. The van der Waals surface area contributed by atoms with Crippen LogP contribution in [-0.4, -0.2) is 42.4 Å². The van der Waals surface area contributed by atoms with Crippen molar-refractivity contribution in [2.45, 2.75) is 32.7 Å². The van der Waals surface area contributed by atoms with Crippen LogP contribution in [0.1, 0.15) is 34.3 Å². The first-order chi connectivity index (χ1) is 11.9. The number of amides is 2. The van der Waals surface area contributed by atoms with E-state index in [4.69, 9.17) is 5.73 Å². The maximum absolute atomic E-state index is 12.9. The van der Waals surface area contributed by atoms with Gasteiger partial charge in [-0.3, -0.25) is 14.5 Å². The van der Waals surface area contributed by atoms with Gasteiger partial charge in [-0.25, -0.2) is 0 Å². The van der Waals surface area contributed by atoms with Gasteiger partial charge in [0.15, 0.2) is 0 Å². The second-order valence-electron chi connectivity index (χ2n) is 7.00. The number of nitrogens with one attached hydrogen (secondary N) is 1. The van der Waals surface area contributed by atoms with E-state index in [0.29, 0.717) is 6.54 Å². The molecule has 5 nitrogen and oxygen atoms in total. The first-order valence-electron chi connectivity index (χ1n) is 8.75. The predicted octanol–water partition coefficient (Wildman–Crippen LogP) is 2.14. The lowest BCUT2D eigenvalue weighted by Gasteiger charge is -2.32. The van der Waals surface area contributed by atoms with Crippen molar-refractivity contribution in [3.05, 3.63) is 47.0 Å². The van der Waals surface area contributed by atoms with Gasteiger partial charge in [0.05, 0.1) is 12.1 Å². The van der Waals surface area contributed by atoms with E-state index in [9.17, 15) is 9.59 Å². The highest BCUT2D eigenvalue weighted by Gasteiger charge is 2.24. The van der Waals surface area contributed by atoms with Crippen LogP contribution in [0.2, 0.25) is 0 Å². The van der Waals surface area contributed by atoms with Gasteiger partial charge in [-0.05, 0) is 49.6 Å². The van der Waals surface area contributed by atoms with Gasteiger partial charge >= 0.3 is 0 Å². The Morgan fingerprint density at radius 2 is 2.04 bits per heavy atom. The molecule has 0 aliphatic carbocycles. The molecule has 0 bridgehead atoms. The van der Waals surface area contributed by atoms with Gasteiger partial charge in [0.2, 0.25) is 5.91 Å². The van der Waals surface area contributed by atoms with Crippen LogP contribution in [-0.2, 0) is 4.79 Å². The van der Waals surface area contributed by atoms with Crippen LogP contribution in [0.5, 0.6) is 0 Å². The van der Waals surface area contributed by atoms with Crippen molar-refractivity contribution in [1.82, 2.24) is 10.2 Å². The van der Waals surface area contributed by atoms with E-state index in [2.05, 4.69) is 17.4 Å². The lowest BCUT2D eigenvalue weighted by atomic mass is 9.97. The summed E-state index contributed by atoms with van der Waals surface area (Å²) in [4.78, 5) is 26.1. The van der Waals surface area contributed by atoms with Gasteiger partial charge in [0.25, 0.3) is 5.91 Å². The number of fused-ring (bicyclic) bond motifs is 1. The maximum atomic E-state index is 12.9. The molecule has 3 rings (SSSR count). The van der Waals surface area contributed by atoms with Crippen LogP contribution in [0.4, 0.5) is 0 Å². The van der Waals surface area contributed by atoms with Gasteiger partial charge in [0.1, 0.15) is 0 Å². The summed E-state index contributed by atoms with van der Waals surface area (Å²) in [7, 11) is 0. The molecule has 3 N–H and O–H groups in total. The van der Waals surface area contributed by atoms with Crippen molar-refractivity contribution in [3.63, 3.8) is 0 Å². The minimum absolute atomic E-state index is 0.0423. The number of benzene rings is 2. The summed E-state index contributed by atoms with van der Waals surface area (Å²) in [6.07, 6.45) is 1.87. The SMILES string of the molecule is Cc1ccc2c(C(=O)NC3CCCN(CC(N)=O)C3)c(C)ccc2c1. The number of nitrogens with zero attached hydrogens (tertiary/aromatic N) is 1. The second-order valence-corrected chi connectivity index (χ2v) is 7.00. The Labute approximate surface area is 148 Å². The Hall–Kier alpha value is -2.40. The Balaban J connectivity index is 1.80. The normalized spacial score (nSPS) is 18.2. The van der Waals surface area contributed by atoms with Crippen molar-refractivity contribution < 1.29 is 9.59 Å². The van der Waals surface area contributed by atoms with E-state index in [1.807, 2.05) is 36.9 Å². The molecule has 132 valence electrons. The van der Waals surface area contributed by atoms with E-state index < -0.39 is 0 Å². The van der Waals surface area contributed by atoms with Gasteiger partial charge in [-0.15, -0.1) is 0 Å². The number of primary amides is 1. The lowest BCUT2D eigenvalue weighted by Crippen LogP contribution is -2.49. The molecule has 5 heteroatoms. The molecule has 1 atom stereocenters. The minimum atomic E-state index is -0.327. The summed E-state index contributed by atoms with van der Waals surface area (Å²) in [6.45, 7) is 5.78. The molecule has 0 radical (unpaired) electrons. The third-order valence-electron chi connectivity index (χ3n) is 4.83. The molecule has 1 fully saturated rings. The Kier molecular flexibility index (Phi) is 5.04. The zero-order valence-electron chi connectivity index (χ0n) is 14.8. The molecule has 0 aromatic heterocycles. The maximum Gasteiger partial charge on any atom is 0.252 e. The second kappa shape index (κ2) is 7.23. The van der Waals surface area contributed by atoms with E-state index >= 15 is 0 Å². The Morgan fingerprint density at radius 3 is 2.80 bits per heavy atom. The monoisotopic (exact) mass is 339 g/mol. The van der Waals surface area contributed by atoms with E-state index in [1.165, 1.54) is 5.56 Å². The quantitative estimate of drug-likeness (QED) is 0.896. The molecule has 1 aliphatic rings. The summed E-state index contributed by atoms with van der Waals surface area (Å²) in [5.74, 6) is -0.370. The van der Waals surface area contributed by atoms with Crippen LogP contribution in [0.25, 0.3) is 10.8 Å². The zero-order valence-corrected chi connectivity index (χ0v) is 14.8. The van der Waals surface area contributed by atoms with Crippen molar-refractivity contribution in [2.24, 2.45) is 5.73 Å². The van der Waals surface area contributed by atoms with Crippen LogP contribution in [0, 0.1) is 13.8 Å². The van der Waals surface area contributed by atoms with Crippen molar-refractivity contribution >= 4 is 22.6 Å². The minimum Gasteiger partial charge on any atom is -0.369 e. The number of rotatable bonds is 4. The van der Waals surface area contributed by atoms with Gasteiger partial charge in [-0.2, -0.15) is 0 Å². The van der Waals surface area contributed by atoms with Crippen LogP contribution >= 0.6 is 0 Å². The number of carbonyl (C=O) groups is 2. The topological polar surface area (TPSA) is 75.4 Å². The molecule has 1 saturated heterocycles. The number of hydrogen-bond acceptors (Lipinski definition) is 3. The number of carbonyl (C=O) groups excluding carboxylic acids is 2. The highest BCUT2D eigenvalue weighted by Crippen LogP contribution is 2.24. The molecule has 0 spiro atoms. The zero-order chi connectivity index (χ0) is 18.0. The average Bonchev–Trinajstić information content (AvgIpc) is 2.54. The third kappa shape index (κ3) is 3.99. The fourth-order valence-electron chi connectivity index (χ4n) is 3.65. The average molecular weight is 339 g/mol. The molecule has 1 aliphatic heterocycles. The van der Waals surface area contributed by atoms with Crippen molar-refractivity contribution in [3.8, 4) is 0 Å². The molecular weight excluding hydrogens is 314 g/mol. The summed E-state index contributed by atoms with van der Waals surface area (Å²) in [6, 6.07) is 10.3. The number of piperidine rings is 1. The molecular formula is C20H25N3O2. The van der Waals surface area contributed by atoms with Gasteiger partial charge < -0.3 is 11.1 Å². The van der Waals surface area contributed by atoms with Crippen molar-refractivity contribution in [1.29, 1.82) is 0 Å². The van der Waals surface area contributed by atoms with E-state index in [0.717, 1.165) is 41.3 Å². The van der Waals surface area contributed by atoms with Crippen LogP contribution in [0.3, 0.4) is 0 Å². The smallest absolute Gasteiger partial charge is 0.252 e. The van der Waals surface area contributed by atoms with E-state index in [1.54, 1.807) is 0 Å². The molecule has 1 heterocycles. The van der Waals surface area contributed by atoms with Gasteiger partial charge in [-0.1, -0.05) is 35.9 Å². The van der Waals surface area contributed by atoms with Gasteiger partial charge in [0, 0.05) is 12.6 Å². The number of nitrogens with two attached hydrogens (primary N) is 1. The number of hydrogen-bond donors (Lipinski definition) is 2. The van der Waals surface area contributed by atoms with Crippen LogP contribution < -0.4 is 11.1 Å². The third-order valence-corrected chi connectivity index (χ3v) is 4.83. The molecule has 2 aromatic carbocycles. The molecule has 0 saturated carbocycles. The Bertz CT molecular complexity index is 816.